The first-order valence-corrected chi connectivity index (χ1v) is 8.18. The summed E-state index contributed by atoms with van der Waals surface area (Å²) >= 11 is 0. The summed E-state index contributed by atoms with van der Waals surface area (Å²) in [4.78, 5) is 0. The molecule has 0 N–H and O–H groups in total. The van der Waals surface area contributed by atoms with E-state index in [-0.39, 0.29) is 11.2 Å². The molecule has 0 aromatic heterocycles. The van der Waals surface area contributed by atoms with Crippen LogP contribution in [0.5, 0.6) is 0 Å². The zero-order valence-electron chi connectivity index (χ0n) is 12.5. The number of unbranched alkanes of at least 4 members (excludes halogenated alkanes) is 2. The molecule has 2 nitrogen and oxygen atoms in total. The zero-order valence-corrected chi connectivity index (χ0v) is 12.5. The Balaban J connectivity index is 1.50. The molecule has 0 radical (unpaired) electrons. The fraction of sp³-hybridized carbons (Fsp3) is 0.882. The van der Waals surface area contributed by atoms with Crippen molar-refractivity contribution in [1.29, 1.82) is 0 Å². The molecule has 108 valence electrons. The lowest BCUT2D eigenvalue weighted by atomic mass is 9.71. The summed E-state index contributed by atoms with van der Waals surface area (Å²) in [6.07, 6.45) is 15.2. The molecule has 0 amide bonds. The van der Waals surface area contributed by atoms with E-state index in [9.17, 15) is 0 Å². The predicted octanol–water partition coefficient (Wildman–Crippen LogP) is 4.24. The van der Waals surface area contributed by atoms with Crippen LogP contribution in [0.4, 0.5) is 0 Å². The maximum Gasteiger partial charge on any atom is 0.0979 e. The number of allylic oxidation sites excluding steroid dienone is 1. The topological polar surface area (TPSA) is 25.1 Å². The van der Waals surface area contributed by atoms with Gasteiger partial charge in [0.15, 0.2) is 0 Å². The van der Waals surface area contributed by atoms with Crippen LogP contribution >= 0.6 is 0 Å². The molecule has 0 aromatic rings. The van der Waals surface area contributed by atoms with Crippen LogP contribution in [-0.2, 0) is 9.47 Å². The molecule has 2 heterocycles. The molecule has 1 aliphatic carbocycles. The largest absolute Gasteiger partial charge is 0.369 e. The van der Waals surface area contributed by atoms with Crippen LogP contribution < -0.4 is 0 Å². The molecule has 1 spiro atoms. The predicted molar refractivity (Wildman–Crippen MR) is 77.2 cm³/mol. The molecule has 2 aliphatic heterocycles. The maximum atomic E-state index is 6.09. The summed E-state index contributed by atoms with van der Waals surface area (Å²) in [5.74, 6) is 0.641. The quantitative estimate of drug-likeness (QED) is 0.407. The highest BCUT2D eigenvalue weighted by molar-refractivity contribution is 5.16. The van der Waals surface area contributed by atoms with Gasteiger partial charge in [0.1, 0.15) is 0 Å². The second-order valence-corrected chi connectivity index (χ2v) is 6.79. The Kier molecular flexibility index (Phi) is 3.74. The molecular formula is C17H28O2. The van der Waals surface area contributed by atoms with Gasteiger partial charge >= 0.3 is 0 Å². The molecular weight excluding hydrogens is 236 g/mol. The van der Waals surface area contributed by atoms with Crippen molar-refractivity contribution >= 4 is 0 Å². The van der Waals surface area contributed by atoms with Crippen molar-refractivity contribution in [1.82, 2.24) is 0 Å². The van der Waals surface area contributed by atoms with Gasteiger partial charge in [-0.25, -0.2) is 0 Å². The Morgan fingerprint density at radius 2 is 2.11 bits per heavy atom. The Hall–Kier alpha value is -0.340. The average Bonchev–Trinajstić information content (AvgIpc) is 3.31. The number of hydrogen-bond donors (Lipinski definition) is 0. The number of ether oxygens (including phenoxy) is 2. The van der Waals surface area contributed by atoms with Gasteiger partial charge in [-0.1, -0.05) is 44.8 Å². The van der Waals surface area contributed by atoms with Gasteiger partial charge in [-0.05, 0) is 32.6 Å². The van der Waals surface area contributed by atoms with Crippen molar-refractivity contribution in [3.63, 3.8) is 0 Å². The third kappa shape index (κ3) is 2.62. The second-order valence-electron chi connectivity index (χ2n) is 6.79. The van der Waals surface area contributed by atoms with Gasteiger partial charge in [-0.2, -0.15) is 0 Å². The number of hydrogen-bond acceptors (Lipinski definition) is 2. The molecule has 4 atom stereocenters. The van der Waals surface area contributed by atoms with Gasteiger partial charge in [0.25, 0.3) is 0 Å². The Morgan fingerprint density at radius 1 is 1.26 bits per heavy atom. The lowest BCUT2D eigenvalue weighted by molar-refractivity contribution is 0.0886. The van der Waals surface area contributed by atoms with E-state index in [4.69, 9.17) is 9.47 Å². The van der Waals surface area contributed by atoms with Gasteiger partial charge in [-0.15, -0.1) is 0 Å². The van der Waals surface area contributed by atoms with Gasteiger partial charge in [0, 0.05) is 5.92 Å². The Morgan fingerprint density at radius 3 is 2.84 bits per heavy atom. The van der Waals surface area contributed by atoms with Crippen molar-refractivity contribution in [3.05, 3.63) is 12.2 Å². The van der Waals surface area contributed by atoms with E-state index < -0.39 is 0 Å². The van der Waals surface area contributed by atoms with Crippen LogP contribution in [0.3, 0.4) is 0 Å². The average molecular weight is 264 g/mol. The Labute approximate surface area is 117 Å². The summed E-state index contributed by atoms with van der Waals surface area (Å²) in [7, 11) is 0. The summed E-state index contributed by atoms with van der Waals surface area (Å²) in [5, 5.41) is 0. The SMILES string of the molecule is CCCC/C=C/CC1OC1(C)C1CCCCC12CO2. The van der Waals surface area contributed by atoms with Crippen LogP contribution in [-0.4, -0.2) is 23.9 Å². The number of rotatable bonds is 6. The number of epoxide rings is 2. The maximum absolute atomic E-state index is 6.09. The van der Waals surface area contributed by atoms with Gasteiger partial charge < -0.3 is 9.47 Å². The first-order valence-electron chi connectivity index (χ1n) is 8.18. The lowest BCUT2D eigenvalue weighted by Crippen LogP contribution is -2.39. The van der Waals surface area contributed by atoms with E-state index >= 15 is 0 Å². The minimum absolute atomic E-state index is 0.103. The highest BCUT2D eigenvalue weighted by atomic mass is 16.6. The van der Waals surface area contributed by atoms with Crippen molar-refractivity contribution in [2.24, 2.45) is 5.92 Å². The van der Waals surface area contributed by atoms with Crippen molar-refractivity contribution in [3.8, 4) is 0 Å². The molecule has 3 aliphatic rings. The van der Waals surface area contributed by atoms with Crippen LogP contribution in [0.15, 0.2) is 12.2 Å². The summed E-state index contributed by atoms with van der Waals surface area (Å²) in [6.45, 7) is 5.54. The third-order valence-electron chi connectivity index (χ3n) is 5.40. The molecule has 4 unspecified atom stereocenters. The van der Waals surface area contributed by atoms with Crippen molar-refractivity contribution in [2.45, 2.75) is 82.5 Å². The fourth-order valence-corrected chi connectivity index (χ4v) is 3.98. The van der Waals surface area contributed by atoms with Gasteiger partial charge in [0.2, 0.25) is 0 Å². The minimum atomic E-state index is 0.103. The van der Waals surface area contributed by atoms with Crippen LogP contribution in [0.1, 0.15) is 65.2 Å². The summed E-state index contributed by atoms with van der Waals surface area (Å²) < 4.78 is 11.9. The summed E-state index contributed by atoms with van der Waals surface area (Å²) in [6, 6.07) is 0. The fourth-order valence-electron chi connectivity index (χ4n) is 3.98. The van der Waals surface area contributed by atoms with Crippen molar-refractivity contribution in [2.75, 3.05) is 6.61 Å². The van der Waals surface area contributed by atoms with Crippen LogP contribution in [0, 0.1) is 5.92 Å². The van der Waals surface area contributed by atoms with Crippen LogP contribution in [0.2, 0.25) is 0 Å². The second kappa shape index (κ2) is 5.21. The van der Waals surface area contributed by atoms with Crippen molar-refractivity contribution < 1.29 is 9.47 Å². The smallest absolute Gasteiger partial charge is 0.0979 e. The monoisotopic (exact) mass is 264 g/mol. The Bertz CT molecular complexity index is 345. The minimum Gasteiger partial charge on any atom is -0.369 e. The molecule has 2 saturated heterocycles. The molecule has 1 saturated carbocycles. The van der Waals surface area contributed by atoms with E-state index in [2.05, 4.69) is 26.0 Å². The molecule has 19 heavy (non-hydrogen) atoms. The molecule has 3 fully saturated rings. The molecule has 0 aromatic carbocycles. The lowest BCUT2D eigenvalue weighted by Gasteiger charge is -2.32. The van der Waals surface area contributed by atoms with Gasteiger partial charge in [0.05, 0.1) is 23.9 Å². The highest BCUT2D eigenvalue weighted by Gasteiger charge is 2.67. The zero-order chi connectivity index (χ0) is 13.3. The van der Waals surface area contributed by atoms with E-state index in [0.717, 1.165) is 13.0 Å². The first-order chi connectivity index (χ1) is 9.21. The molecule has 0 bridgehead atoms. The van der Waals surface area contributed by atoms with E-state index in [1.807, 2.05) is 0 Å². The molecule has 2 heteroatoms. The highest BCUT2D eigenvalue weighted by Crippen LogP contribution is 2.58. The molecule has 3 rings (SSSR count). The van der Waals surface area contributed by atoms with E-state index in [1.165, 1.54) is 44.9 Å². The first kappa shape index (κ1) is 13.6. The third-order valence-corrected chi connectivity index (χ3v) is 5.40. The van der Waals surface area contributed by atoms with E-state index in [1.54, 1.807) is 0 Å². The standard InChI is InChI=1S/C17H28O2/c1-3-4-5-6-7-11-15-16(2,19-15)14-10-8-9-12-17(14)13-18-17/h6-7,14-15H,3-5,8-13H2,1-2H3/b7-6+. The van der Waals surface area contributed by atoms with E-state index in [0.29, 0.717) is 12.0 Å². The summed E-state index contributed by atoms with van der Waals surface area (Å²) in [5.41, 5.74) is 0.319. The van der Waals surface area contributed by atoms with Gasteiger partial charge in [-0.3, -0.25) is 0 Å². The van der Waals surface area contributed by atoms with Crippen LogP contribution in [0.25, 0.3) is 0 Å². The normalized spacial score (nSPS) is 44.9.